The molecule has 2 fully saturated rings. The van der Waals surface area contributed by atoms with Crippen LogP contribution in [-0.2, 0) is 0 Å². The number of rotatable bonds is 1. The predicted octanol–water partition coefficient (Wildman–Crippen LogP) is 1.36. The largest absolute Gasteiger partial charge is 0.275 e. The summed E-state index contributed by atoms with van der Waals surface area (Å²) in [6.07, 6.45) is 2.48. The van der Waals surface area contributed by atoms with Crippen LogP contribution >= 0.6 is 16.1 Å². The number of hydrogen-bond donors (Lipinski definition) is 1. The second-order valence-corrected chi connectivity index (χ2v) is 3.65. The maximum absolute atomic E-state index is 8.63. The Morgan fingerprint density at radius 3 is 2.90 bits per heavy atom. The zero-order chi connectivity index (χ0) is 7.14. The third-order valence-electron chi connectivity index (χ3n) is 2.79. The van der Waals surface area contributed by atoms with Gasteiger partial charge in [0.15, 0.2) is 0 Å². The van der Waals surface area contributed by atoms with Crippen LogP contribution in [0.3, 0.4) is 0 Å². The van der Waals surface area contributed by atoms with Crippen LogP contribution in [0.2, 0.25) is 11.6 Å². The number of nitrogens with one attached hydrogen (secondary N) is 1. The molecule has 0 aromatic carbocycles. The molecule has 10 heavy (non-hydrogen) atoms. The van der Waals surface area contributed by atoms with Gasteiger partial charge in [-0.3, -0.25) is 4.34 Å². The first-order valence-corrected chi connectivity index (χ1v) is 4.43. The molecule has 1 heterocycles. The predicted molar refractivity (Wildman–Crippen MR) is 44.0 cm³/mol. The molecule has 2 rings (SSSR count). The number of hydrogen-bond acceptors (Lipinski definition) is 2. The molecule has 0 aromatic rings. The number of fused-ring (bicyclic) bond motifs is 1. The van der Waals surface area contributed by atoms with Crippen molar-refractivity contribution in [1.29, 1.82) is 5.26 Å². The fourth-order valence-corrected chi connectivity index (χ4v) is 2.73. The third kappa shape index (κ3) is 0.740. The highest BCUT2D eigenvalue weighted by Gasteiger charge is 2.61. The SMILES string of the molecule is N#CB1C2CCC(NBr)C12. The van der Waals surface area contributed by atoms with Gasteiger partial charge in [0.25, 0.3) is 6.71 Å². The summed E-state index contributed by atoms with van der Waals surface area (Å²) in [5.74, 6) is 3.72. The molecule has 0 radical (unpaired) electrons. The quantitative estimate of drug-likeness (QED) is 0.511. The van der Waals surface area contributed by atoms with Crippen molar-refractivity contribution in [1.82, 2.24) is 4.34 Å². The van der Waals surface area contributed by atoms with Gasteiger partial charge in [-0.05, 0) is 18.1 Å². The topological polar surface area (TPSA) is 35.8 Å². The first-order chi connectivity index (χ1) is 4.88. The smallest absolute Gasteiger partial charge is 0.253 e. The third-order valence-corrected chi connectivity index (χ3v) is 3.38. The van der Waals surface area contributed by atoms with Crippen LogP contribution in [0.25, 0.3) is 0 Å². The van der Waals surface area contributed by atoms with Crippen LogP contribution in [0.15, 0.2) is 0 Å². The number of nitrogens with zero attached hydrogens (tertiary/aromatic N) is 1. The molecule has 2 nitrogen and oxygen atoms in total. The molecule has 52 valence electrons. The molecule has 1 aliphatic carbocycles. The average molecular weight is 199 g/mol. The summed E-state index contributed by atoms with van der Waals surface area (Å²) in [6.45, 7) is 0.365. The highest BCUT2D eigenvalue weighted by Crippen LogP contribution is 2.61. The van der Waals surface area contributed by atoms with Gasteiger partial charge in [0, 0.05) is 28.2 Å². The van der Waals surface area contributed by atoms with E-state index in [1.165, 1.54) is 12.8 Å². The van der Waals surface area contributed by atoms with Crippen molar-refractivity contribution in [2.24, 2.45) is 0 Å². The van der Waals surface area contributed by atoms with Crippen molar-refractivity contribution >= 4 is 22.9 Å². The summed E-state index contributed by atoms with van der Waals surface area (Å²) in [7, 11) is 0. The highest BCUT2D eigenvalue weighted by molar-refractivity contribution is 9.08. The van der Waals surface area contributed by atoms with Crippen LogP contribution in [0.1, 0.15) is 12.8 Å². The molecule has 1 N–H and O–H groups in total. The lowest BCUT2D eigenvalue weighted by Gasteiger charge is -2.07. The molecule has 2 aliphatic rings. The Bertz CT molecular complexity index is 191. The Labute approximate surface area is 69.4 Å². The molecular formula is C6H8BBrN2. The molecule has 3 unspecified atom stereocenters. The summed E-state index contributed by atoms with van der Waals surface area (Å²) in [5.41, 5.74) is 0. The van der Waals surface area contributed by atoms with Crippen molar-refractivity contribution in [3.05, 3.63) is 0 Å². The molecule has 1 aliphatic heterocycles. The van der Waals surface area contributed by atoms with Gasteiger partial charge in [-0.2, -0.15) is 0 Å². The molecule has 0 spiro atoms. The lowest BCUT2D eigenvalue weighted by molar-refractivity contribution is 0.674. The van der Waals surface area contributed by atoms with Crippen molar-refractivity contribution in [3.63, 3.8) is 0 Å². The monoisotopic (exact) mass is 198 g/mol. The second kappa shape index (κ2) is 2.25. The van der Waals surface area contributed by atoms with E-state index >= 15 is 0 Å². The maximum Gasteiger partial charge on any atom is 0.275 e. The Kier molecular flexibility index (Phi) is 1.50. The summed E-state index contributed by atoms with van der Waals surface area (Å²) in [4.78, 5) is 0. The van der Waals surface area contributed by atoms with E-state index in [4.69, 9.17) is 5.26 Å². The minimum absolute atomic E-state index is 0.365. The fourth-order valence-electron chi connectivity index (χ4n) is 2.19. The van der Waals surface area contributed by atoms with E-state index in [-0.39, 0.29) is 0 Å². The Morgan fingerprint density at radius 2 is 2.40 bits per heavy atom. The first kappa shape index (κ1) is 6.69. The van der Waals surface area contributed by atoms with Crippen LogP contribution in [-0.4, -0.2) is 12.8 Å². The molecule has 3 atom stereocenters. The molecule has 1 saturated carbocycles. The van der Waals surface area contributed by atoms with Gasteiger partial charge in [0.05, 0.1) is 0 Å². The molecule has 0 aromatic heterocycles. The number of nitriles is 1. The molecule has 1 saturated heterocycles. The van der Waals surface area contributed by atoms with Crippen molar-refractivity contribution in [2.45, 2.75) is 30.5 Å². The van der Waals surface area contributed by atoms with Gasteiger partial charge < -0.3 is 0 Å². The molecule has 0 amide bonds. The summed E-state index contributed by atoms with van der Waals surface area (Å²) in [5, 5.41) is 8.63. The highest BCUT2D eigenvalue weighted by atomic mass is 79.9. The Morgan fingerprint density at radius 1 is 1.60 bits per heavy atom. The van der Waals surface area contributed by atoms with E-state index in [0.29, 0.717) is 18.6 Å². The lowest BCUT2D eigenvalue weighted by atomic mass is 9.63. The van der Waals surface area contributed by atoms with Crippen molar-refractivity contribution in [3.8, 4) is 5.97 Å². The van der Waals surface area contributed by atoms with Gasteiger partial charge >= 0.3 is 0 Å². The minimum Gasteiger partial charge on any atom is -0.253 e. The lowest BCUT2D eigenvalue weighted by Crippen LogP contribution is -2.20. The van der Waals surface area contributed by atoms with E-state index < -0.39 is 0 Å². The van der Waals surface area contributed by atoms with Crippen LogP contribution in [0, 0.1) is 11.2 Å². The first-order valence-electron chi connectivity index (χ1n) is 3.64. The van der Waals surface area contributed by atoms with E-state index in [1.54, 1.807) is 0 Å². The van der Waals surface area contributed by atoms with Gasteiger partial charge in [-0.25, -0.2) is 5.26 Å². The van der Waals surface area contributed by atoms with Crippen LogP contribution in [0.4, 0.5) is 0 Å². The van der Waals surface area contributed by atoms with E-state index in [0.717, 1.165) is 5.82 Å². The zero-order valence-electron chi connectivity index (χ0n) is 5.55. The maximum atomic E-state index is 8.63. The molecule has 4 heteroatoms. The van der Waals surface area contributed by atoms with Crippen LogP contribution < -0.4 is 4.34 Å². The van der Waals surface area contributed by atoms with Gasteiger partial charge in [-0.1, -0.05) is 6.42 Å². The second-order valence-electron chi connectivity index (χ2n) is 3.19. The van der Waals surface area contributed by atoms with E-state index in [1.807, 2.05) is 0 Å². The summed E-state index contributed by atoms with van der Waals surface area (Å²) < 4.78 is 3.08. The number of halogens is 1. The summed E-state index contributed by atoms with van der Waals surface area (Å²) >= 11 is 3.24. The average Bonchev–Trinajstić information content (AvgIpc) is 2.51. The molecular weight excluding hydrogens is 191 g/mol. The zero-order valence-corrected chi connectivity index (χ0v) is 7.13. The van der Waals surface area contributed by atoms with Gasteiger partial charge in [-0.15, -0.1) is 0 Å². The van der Waals surface area contributed by atoms with E-state index in [9.17, 15) is 0 Å². The van der Waals surface area contributed by atoms with Crippen LogP contribution in [0.5, 0.6) is 0 Å². The molecule has 0 bridgehead atoms. The van der Waals surface area contributed by atoms with Crippen molar-refractivity contribution < 1.29 is 0 Å². The van der Waals surface area contributed by atoms with Crippen molar-refractivity contribution in [2.75, 3.05) is 0 Å². The van der Waals surface area contributed by atoms with Gasteiger partial charge in [0.1, 0.15) is 0 Å². The Balaban J connectivity index is 2.02. The Hall–Kier alpha value is -0.00506. The normalized spacial score (nSPS) is 42.8. The van der Waals surface area contributed by atoms with Gasteiger partial charge in [0.2, 0.25) is 0 Å². The van der Waals surface area contributed by atoms with E-state index in [2.05, 4.69) is 26.5 Å². The standard InChI is InChI=1S/C6H8BBrN2/c8-10-5-2-1-4-6(5)7(4)3-9/h4-6,10H,1-2H2. The summed E-state index contributed by atoms with van der Waals surface area (Å²) in [6, 6.07) is 0.564. The fraction of sp³-hybridized carbons (Fsp3) is 0.833. The minimum atomic E-state index is 0.365.